The number of benzene rings is 4. The van der Waals surface area contributed by atoms with Crippen LogP contribution in [-0.2, 0) is 0 Å². The third-order valence-electron chi connectivity index (χ3n) is 8.09. The van der Waals surface area contributed by atoms with Gasteiger partial charge in [-0.3, -0.25) is 4.99 Å². The van der Waals surface area contributed by atoms with Gasteiger partial charge in [0.15, 0.2) is 0 Å². The van der Waals surface area contributed by atoms with Gasteiger partial charge < -0.3 is 20.9 Å². The molecule has 1 aliphatic heterocycles. The summed E-state index contributed by atoms with van der Waals surface area (Å²) in [6.45, 7) is 0. The number of para-hydroxylation sites is 1. The Morgan fingerprint density at radius 1 is 0.707 bits per heavy atom. The van der Waals surface area contributed by atoms with Gasteiger partial charge in [0.05, 0.1) is 33.7 Å². The van der Waals surface area contributed by atoms with Crippen LogP contribution in [0, 0.1) is 0 Å². The van der Waals surface area contributed by atoms with Crippen molar-refractivity contribution in [1.82, 2.24) is 4.57 Å². The summed E-state index contributed by atoms with van der Waals surface area (Å²) in [4.78, 5) is 7.51. The fourth-order valence-corrected chi connectivity index (χ4v) is 7.23. The molecule has 0 saturated carbocycles. The number of aliphatic imine (C=N–C) groups is 1. The lowest BCUT2D eigenvalue weighted by Crippen LogP contribution is -2.35. The molecule has 0 spiro atoms. The van der Waals surface area contributed by atoms with Gasteiger partial charge in [0.1, 0.15) is 6.17 Å². The van der Waals surface area contributed by atoms with Crippen molar-refractivity contribution in [2.45, 2.75) is 12.2 Å². The average molecular weight is 550 g/mol. The van der Waals surface area contributed by atoms with Gasteiger partial charge in [-0.1, -0.05) is 85.0 Å². The van der Waals surface area contributed by atoms with Gasteiger partial charge in [0.25, 0.3) is 0 Å². The molecule has 6 aromatic rings. The van der Waals surface area contributed by atoms with Gasteiger partial charge in [-0.25, -0.2) is 0 Å². The lowest BCUT2D eigenvalue weighted by atomic mass is 10.0. The quantitative estimate of drug-likeness (QED) is 0.233. The minimum atomic E-state index is -0.0926. The Balaban J connectivity index is 1.28. The first kappa shape index (κ1) is 23.8. The van der Waals surface area contributed by atoms with Crippen molar-refractivity contribution in [3.05, 3.63) is 133 Å². The number of aromatic nitrogens is 1. The molecule has 4 aromatic carbocycles. The molecule has 0 bridgehead atoms. The fourth-order valence-electron chi connectivity index (χ4n) is 6.25. The van der Waals surface area contributed by atoms with E-state index in [4.69, 9.17) is 16.5 Å². The van der Waals surface area contributed by atoms with Crippen molar-refractivity contribution in [2.24, 2.45) is 4.99 Å². The number of nitrogens with two attached hydrogens (primary N) is 2. The van der Waals surface area contributed by atoms with E-state index in [-0.39, 0.29) is 12.2 Å². The van der Waals surface area contributed by atoms with Crippen LogP contribution >= 0.6 is 11.3 Å². The first-order valence-corrected chi connectivity index (χ1v) is 14.5. The lowest BCUT2D eigenvalue weighted by Gasteiger charge is -2.31. The zero-order chi connectivity index (χ0) is 27.5. The summed E-state index contributed by atoms with van der Waals surface area (Å²) in [5, 5.41) is 2.90. The number of fused-ring (bicyclic) bond motifs is 3. The summed E-state index contributed by atoms with van der Waals surface area (Å²) in [6, 6.07) is 36.0. The van der Waals surface area contributed by atoms with Gasteiger partial charge in [-0.15, -0.1) is 11.3 Å². The van der Waals surface area contributed by atoms with Crippen molar-refractivity contribution in [3.8, 4) is 16.9 Å². The standard InChI is InChI=1S/C35H27N5S/c36-32-25-12-4-7-15-28(25)39(33(32)31-26-13-5-9-17-30(26)41-34(31)37)23-18-20-24(21-19-23)40-29-16-8-6-14-27(29)38-35(40)22-10-2-1-3-11-22/h1-21,29,35H,36-37H2. The number of nitrogen functional groups attached to an aromatic ring is 2. The molecule has 198 valence electrons. The molecule has 0 radical (unpaired) electrons. The molecule has 8 rings (SSSR count). The Bertz CT molecular complexity index is 2030. The highest BCUT2D eigenvalue weighted by atomic mass is 32.1. The number of hydrogen-bond acceptors (Lipinski definition) is 5. The molecule has 1 aliphatic carbocycles. The Morgan fingerprint density at radius 2 is 1.41 bits per heavy atom. The summed E-state index contributed by atoms with van der Waals surface area (Å²) in [5.41, 5.74) is 21.7. The van der Waals surface area contributed by atoms with Crippen LogP contribution in [0.3, 0.4) is 0 Å². The molecule has 3 heterocycles. The van der Waals surface area contributed by atoms with E-state index in [0.717, 1.165) is 60.0 Å². The van der Waals surface area contributed by atoms with E-state index >= 15 is 0 Å². The normalized spacial score (nSPS) is 17.9. The topological polar surface area (TPSA) is 72.6 Å². The Morgan fingerprint density at radius 3 is 2.24 bits per heavy atom. The highest BCUT2D eigenvalue weighted by Gasteiger charge is 2.35. The maximum atomic E-state index is 6.90. The number of rotatable bonds is 4. The van der Waals surface area contributed by atoms with Crippen LogP contribution in [0.1, 0.15) is 11.7 Å². The van der Waals surface area contributed by atoms with Gasteiger partial charge >= 0.3 is 0 Å². The molecule has 0 fully saturated rings. The maximum absolute atomic E-state index is 6.90. The second-order valence-electron chi connectivity index (χ2n) is 10.4. The number of thiophene rings is 1. The van der Waals surface area contributed by atoms with Crippen molar-refractivity contribution in [1.29, 1.82) is 0 Å². The minimum Gasteiger partial charge on any atom is -0.396 e. The summed E-state index contributed by atoms with van der Waals surface area (Å²) in [6.07, 6.45) is 8.41. The van der Waals surface area contributed by atoms with E-state index in [1.54, 1.807) is 11.3 Å². The molecule has 5 nitrogen and oxygen atoms in total. The first-order chi connectivity index (χ1) is 20.2. The fraction of sp³-hybridized carbons (Fsp3) is 0.0571. The SMILES string of the molecule is Nc1sc2ccccc2c1-c1c(N)c2ccccc2n1-c1ccc(N2C3C=CC=CC3=NC2c2ccccc2)cc1. The molecule has 2 aliphatic rings. The molecule has 2 atom stereocenters. The monoisotopic (exact) mass is 549 g/mol. The summed E-state index contributed by atoms with van der Waals surface area (Å²) in [5.74, 6) is 0. The highest BCUT2D eigenvalue weighted by molar-refractivity contribution is 7.23. The summed E-state index contributed by atoms with van der Waals surface area (Å²) < 4.78 is 3.40. The van der Waals surface area contributed by atoms with E-state index in [1.165, 1.54) is 5.56 Å². The minimum absolute atomic E-state index is 0.0895. The van der Waals surface area contributed by atoms with Crippen LogP contribution < -0.4 is 16.4 Å². The smallest absolute Gasteiger partial charge is 0.148 e. The zero-order valence-electron chi connectivity index (χ0n) is 22.2. The molecule has 0 saturated heterocycles. The lowest BCUT2D eigenvalue weighted by molar-refractivity contribution is 0.696. The maximum Gasteiger partial charge on any atom is 0.148 e. The van der Waals surface area contributed by atoms with E-state index in [9.17, 15) is 0 Å². The van der Waals surface area contributed by atoms with Crippen LogP contribution in [0.15, 0.2) is 132 Å². The third kappa shape index (κ3) is 3.65. The zero-order valence-corrected chi connectivity index (χ0v) is 23.0. The number of nitrogens with zero attached hydrogens (tertiary/aromatic N) is 3. The largest absolute Gasteiger partial charge is 0.396 e. The van der Waals surface area contributed by atoms with Crippen molar-refractivity contribution >= 4 is 54.4 Å². The van der Waals surface area contributed by atoms with Crippen LogP contribution in [0.4, 0.5) is 16.4 Å². The second kappa shape index (κ2) is 9.25. The number of anilines is 3. The van der Waals surface area contributed by atoms with E-state index in [2.05, 4.69) is 119 Å². The van der Waals surface area contributed by atoms with Crippen molar-refractivity contribution in [2.75, 3.05) is 16.4 Å². The van der Waals surface area contributed by atoms with Gasteiger partial charge in [0, 0.05) is 32.4 Å². The first-order valence-electron chi connectivity index (χ1n) is 13.7. The average Bonchev–Trinajstić information content (AvgIpc) is 3.66. The second-order valence-corrected chi connectivity index (χ2v) is 11.5. The third-order valence-corrected chi connectivity index (χ3v) is 9.09. The molecular weight excluding hydrogens is 522 g/mol. The van der Waals surface area contributed by atoms with Gasteiger partial charge in [-0.2, -0.15) is 0 Å². The Kier molecular flexibility index (Phi) is 5.37. The Labute approximate surface area is 242 Å². The van der Waals surface area contributed by atoms with E-state index in [0.29, 0.717) is 0 Å². The molecular formula is C35H27N5S. The molecule has 6 heteroatoms. The Hall–Kier alpha value is -5.07. The molecule has 4 N–H and O–H groups in total. The molecule has 41 heavy (non-hydrogen) atoms. The number of hydrogen-bond donors (Lipinski definition) is 2. The molecule has 2 unspecified atom stereocenters. The van der Waals surface area contributed by atoms with Gasteiger partial charge in [0.2, 0.25) is 0 Å². The predicted octanol–water partition coefficient (Wildman–Crippen LogP) is 8.13. The highest BCUT2D eigenvalue weighted by Crippen LogP contribution is 2.47. The van der Waals surface area contributed by atoms with E-state index < -0.39 is 0 Å². The van der Waals surface area contributed by atoms with Crippen molar-refractivity contribution < 1.29 is 0 Å². The van der Waals surface area contributed by atoms with Crippen molar-refractivity contribution in [3.63, 3.8) is 0 Å². The van der Waals surface area contributed by atoms with Crippen LogP contribution in [0.2, 0.25) is 0 Å². The summed E-state index contributed by atoms with van der Waals surface area (Å²) in [7, 11) is 0. The van der Waals surface area contributed by atoms with Crippen LogP contribution in [-0.4, -0.2) is 16.3 Å². The van der Waals surface area contributed by atoms with Gasteiger partial charge in [-0.05, 0) is 48.0 Å². The molecule has 0 amide bonds. The summed E-state index contributed by atoms with van der Waals surface area (Å²) >= 11 is 1.60. The predicted molar refractivity (Wildman–Crippen MR) is 174 cm³/mol. The molecule has 2 aromatic heterocycles. The van der Waals surface area contributed by atoms with E-state index in [1.807, 2.05) is 18.2 Å². The number of allylic oxidation sites excluding steroid dienone is 2. The van der Waals surface area contributed by atoms with Crippen LogP contribution in [0.25, 0.3) is 37.9 Å². The van der Waals surface area contributed by atoms with Crippen LogP contribution in [0.5, 0.6) is 0 Å².